The van der Waals surface area contributed by atoms with Crippen LogP contribution in [0.1, 0.15) is 12.5 Å². The number of rotatable bonds is 7. The monoisotopic (exact) mass is 433 g/mol. The molecule has 27 heavy (non-hydrogen) atoms. The highest BCUT2D eigenvalue weighted by Crippen LogP contribution is 2.36. The van der Waals surface area contributed by atoms with E-state index >= 15 is 0 Å². The maximum Gasteiger partial charge on any atom is 0.315 e. The van der Waals surface area contributed by atoms with Crippen LogP contribution in [0.2, 0.25) is 10.0 Å². The zero-order valence-electron chi connectivity index (χ0n) is 13.7. The lowest BCUT2D eigenvalue weighted by Gasteiger charge is -2.07. The molecule has 12 heteroatoms. The van der Waals surface area contributed by atoms with Crippen molar-refractivity contribution in [1.29, 1.82) is 0 Å². The second-order valence-electron chi connectivity index (χ2n) is 5.01. The first-order chi connectivity index (χ1) is 12.7. The summed E-state index contributed by atoms with van der Waals surface area (Å²) in [6, 6.07) is 6.02. The molecule has 2 aromatic rings. The molecule has 0 saturated carbocycles. The number of halogens is 2. The van der Waals surface area contributed by atoms with Crippen LogP contribution in [0.5, 0.6) is 11.5 Å². The van der Waals surface area contributed by atoms with Crippen molar-refractivity contribution in [3.8, 4) is 11.5 Å². The molecule has 0 aromatic heterocycles. The van der Waals surface area contributed by atoms with Gasteiger partial charge in [0.25, 0.3) is 10.0 Å². The highest BCUT2D eigenvalue weighted by molar-refractivity contribution is 7.89. The SMILES string of the molecule is CCOc1cc(/C=N/NS(=O)(=O)c2ccc(Cl)c(Cl)c2)cc([N+](=O)[O-])c1O. The lowest BCUT2D eigenvalue weighted by molar-refractivity contribution is -0.386. The van der Waals surface area contributed by atoms with Gasteiger partial charge in [-0.1, -0.05) is 23.2 Å². The van der Waals surface area contributed by atoms with Crippen molar-refractivity contribution in [2.75, 3.05) is 6.61 Å². The van der Waals surface area contributed by atoms with E-state index in [1.54, 1.807) is 6.92 Å². The normalized spacial score (nSPS) is 11.5. The van der Waals surface area contributed by atoms with Crippen molar-refractivity contribution < 1.29 is 23.2 Å². The average molecular weight is 434 g/mol. The molecule has 0 spiro atoms. The van der Waals surface area contributed by atoms with Crippen LogP contribution in [0, 0.1) is 10.1 Å². The van der Waals surface area contributed by atoms with Crippen molar-refractivity contribution in [2.45, 2.75) is 11.8 Å². The topological polar surface area (TPSA) is 131 Å². The summed E-state index contributed by atoms with van der Waals surface area (Å²) < 4.78 is 29.5. The number of nitro groups is 1. The van der Waals surface area contributed by atoms with Gasteiger partial charge in [-0.3, -0.25) is 10.1 Å². The van der Waals surface area contributed by atoms with E-state index in [9.17, 15) is 23.6 Å². The van der Waals surface area contributed by atoms with Gasteiger partial charge in [0, 0.05) is 11.6 Å². The van der Waals surface area contributed by atoms with E-state index in [1.807, 2.05) is 4.83 Å². The molecule has 0 bridgehead atoms. The number of nitro benzene ring substituents is 1. The second-order valence-corrected chi connectivity index (χ2v) is 7.48. The lowest BCUT2D eigenvalue weighted by atomic mass is 10.2. The summed E-state index contributed by atoms with van der Waals surface area (Å²) in [5.74, 6) is -0.754. The minimum Gasteiger partial charge on any atom is -0.500 e. The van der Waals surface area contributed by atoms with Gasteiger partial charge in [-0.15, -0.1) is 0 Å². The molecule has 0 amide bonds. The van der Waals surface area contributed by atoms with Gasteiger partial charge < -0.3 is 9.84 Å². The Balaban J connectivity index is 2.29. The molecule has 2 rings (SSSR count). The standard InChI is InChI=1S/C15H13Cl2N3O6S/c1-2-26-14-6-9(5-13(15(14)21)20(22)23)8-18-19-27(24,25)10-3-4-11(16)12(17)7-10/h3-8,19,21H,2H2,1H3/b18-8+. The van der Waals surface area contributed by atoms with Crippen LogP contribution in [0.25, 0.3) is 0 Å². The Morgan fingerprint density at radius 3 is 2.59 bits per heavy atom. The number of phenolic OH excluding ortho intramolecular Hbond substituents is 1. The molecule has 0 aliphatic rings. The largest absolute Gasteiger partial charge is 0.500 e. The van der Waals surface area contributed by atoms with Gasteiger partial charge in [0.2, 0.25) is 5.75 Å². The summed E-state index contributed by atoms with van der Waals surface area (Å²) >= 11 is 11.5. The Hall–Kier alpha value is -2.56. The fourth-order valence-corrected chi connectivity index (χ4v) is 3.14. The molecule has 2 aromatic carbocycles. The maximum atomic E-state index is 12.2. The summed E-state index contributed by atoms with van der Waals surface area (Å²) in [6.45, 7) is 1.80. The quantitative estimate of drug-likeness (QED) is 0.391. The molecule has 144 valence electrons. The predicted octanol–water partition coefficient (Wildman–Crippen LogP) is 3.32. The third-order valence-corrected chi connectivity index (χ3v) is 5.12. The van der Waals surface area contributed by atoms with Crippen LogP contribution in [-0.4, -0.2) is 31.3 Å². The molecule has 0 aliphatic carbocycles. The Bertz CT molecular complexity index is 1010. The molecular weight excluding hydrogens is 421 g/mol. The highest BCUT2D eigenvalue weighted by Gasteiger charge is 2.20. The molecule has 2 N–H and O–H groups in total. The van der Waals surface area contributed by atoms with Gasteiger partial charge in [0.1, 0.15) is 0 Å². The van der Waals surface area contributed by atoms with Crippen LogP contribution in [0.3, 0.4) is 0 Å². The summed E-state index contributed by atoms with van der Waals surface area (Å²) in [5, 5.41) is 24.7. The lowest BCUT2D eigenvalue weighted by Crippen LogP contribution is -2.18. The maximum absolute atomic E-state index is 12.2. The number of hydrogen-bond acceptors (Lipinski definition) is 7. The number of ether oxygens (including phenoxy) is 1. The van der Waals surface area contributed by atoms with Crippen LogP contribution in [-0.2, 0) is 10.0 Å². The molecule has 0 atom stereocenters. The Kier molecular flexibility index (Phi) is 6.47. The molecule has 9 nitrogen and oxygen atoms in total. The van der Waals surface area contributed by atoms with Crippen molar-refractivity contribution in [3.63, 3.8) is 0 Å². The molecule has 0 unspecified atom stereocenters. The average Bonchev–Trinajstić information content (AvgIpc) is 2.59. The van der Waals surface area contributed by atoms with E-state index in [0.717, 1.165) is 18.3 Å². The zero-order valence-corrected chi connectivity index (χ0v) is 16.0. The predicted molar refractivity (Wildman–Crippen MR) is 100 cm³/mol. The van der Waals surface area contributed by atoms with E-state index in [-0.39, 0.29) is 32.9 Å². The number of sulfonamides is 1. The first-order valence-corrected chi connectivity index (χ1v) is 9.53. The molecule has 0 aliphatic heterocycles. The fraction of sp³-hybridized carbons (Fsp3) is 0.133. The van der Waals surface area contributed by atoms with Gasteiger partial charge in [-0.25, -0.2) is 4.83 Å². The number of hydrazone groups is 1. The number of nitrogens with zero attached hydrogens (tertiary/aromatic N) is 2. The molecular formula is C15H13Cl2N3O6S. The number of phenols is 1. The number of benzene rings is 2. The molecule has 0 saturated heterocycles. The van der Waals surface area contributed by atoms with E-state index < -0.39 is 26.4 Å². The van der Waals surface area contributed by atoms with Crippen molar-refractivity contribution in [2.24, 2.45) is 5.10 Å². The summed E-state index contributed by atoms with van der Waals surface area (Å²) in [5.41, 5.74) is -0.463. The van der Waals surface area contributed by atoms with Crippen molar-refractivity contribution in [1.82, 2.24) is 4.83 Å². The molecule has 0 fully saturated rings. The first kappa shape index (κ1) is 20.7. The fourth-order valence-electron chi connectivity index (χ4n) is 1.96. The van der Waals surface area contributed by atoms with Gasteiger partial charge in [0.05, 0.1) is 32.7 Å². The summed E-state index contributed by atoms with van der Waals surface area (Å²) in [4.78, 5) is 12.0. The Labute approximate surface area is 164 Å². The van der Waals surface area contributed by atoms with Crippen molar-refractivity contribution >= 4 is 45.1 Å². The second kappa shape index (κ2) is 8.42. The van der Waals surface area contributed by atoms with Crippen LogP contribution >= 0.6 is 23.2 Å². The number of hydrogen-bond donors (Lipinski definition) is 2. The van der Waals surface area contributed by atoms with E-state index in [0.29, 0.717) is 0 Å². The molecule has 0 radical (unpaired) electrons. The van der Waals surface area contributed by atoms with Gasteiger partial charge in [0.15, 0.2) is 5.75 Å². The summed E-state index contributed by atoms with van der Waals surface area (Å²) in [7, 11) is -4.03. The zero-order chi connectivity index (χ0) is 20.2. The Morgan fingerprint density at radius 2 is 2.00 bits per heavy atom. The van der Waals surface area contributed by atoms with E-state index in [1.165, 1.54) is 18.2 Å². The Morgan fingerprint density at radius 1 is 1.30 bits per heavy atom. The minimum absolute atomic E-state index is 0.0547. The van der Waals surface area contributed by atoms with Gasteiger partial charge >= 0.3 is 5.69 Å². The van der Waals surface area contributed by atoms with Crippen LogP contribution in [0.4, 0.5) is 5.69 Å². The summed E-state index contributed by atoms with van der Waals surface area (Å²) in [6.07, 6.45) is 1.03. The third kappa shape index (κ3) is 5.00. The van der Waals surface area contributed by atoms with Crippen LogP contribution in [0.15, 0.2) is 40.3 Å². The van der Waals surface area contributed by atoms with Gasteiger partial charge in [-0.2, -0.15) is 13.5 Å². The van der Waals surface area contributed by atoms with Gasteiger partial charge in [-0.05, 0) is 31.2 Å². The smallest absolute Gasteiger partial charge is 0.315 e. The minimum atomic E-state index is -4.03. The van der Waals surface area contributed by atoms with E-state index in [4.69, 9.17) is 27.9 Å². The number of nitrogens with one attached hydrogen (secondary N) is 1. The van der Waals surface area contributed by atoms with Crippen LogP contribution < -0.4 is 9.57 Å². The third-order valence-electron chi connectivity index (χ3n) is 3.16. The first-order valence-electron chi connectivity index (χ1n) is 7.30. The van der Waals surface area contributed by atoms with Crippen molar-refractivity contribution in [3.05, 3.63) is 56.1 Å². The highest BCUT2D eigenvalue weighted by atomic mass is 35.5. The molecule has 0 heterocycles. The van der Waals surface area contributed by atoms with E-state index in [2.05, 4.69) is 5.10 Å². The number of aromatic hydroxyl groups is 1.